The highest BCUT2D eigenvalue weighted by Crippen LogP contribution is 2.06. The molecule has 0 fully saturated rings. The molecule has 0 atom stereocenters. The lowest BCUT2D eigenvalue weighted by molar-refractivity contribution is 0.240. The van der Waals surface area contributed by atoms with Crippen molar-refractivity contribution >= 4 is 0 Å². The molecule has 0 saturated carbocycles. The van der Waals surface area contributed by atoms with Crippen molar-refractivity contribution in [2.75, 3.05) is 26.7 Å². The Labute approximate surface area is 94.6 Å². The van der Waals surface area contributed by atoms with Gasteiger partial charge in [-0.3, -0.25) is 0 Å². The molecule has 0 aromatic rings. The number of methoxy groups -OCH3 is 1. The van der Waals surface area contributed by atoms with Gasteiger partial charge in [0.15, 0.2) is 0 Å². The third-order valence-corrected chi connectivity index (χ3v) is 2.72. The summed E-state index contributed by atoms with van der Waals surface area (Å²) in [5, 5.41) is 0. The molecule has 15 heavy (non-hydrogen) atoms. The molecule has 0 amide bonds. The van der Waals surface area contributed by atoms with Crippen LogP contribution in [0, 0.1) is 0 Å². The summed E-state index contributed by atoms with van der Waals surface area (Å²) in [6, 6.07) is 0. The summed E-state index contributed by atoms with van der Waals surface area (Å²) in [4.78, 5) is 2.41. The van der Waals surface area contributed by atoms with Crippen molar-refractivity contribution in [2.24, 2.45) is 0 Å². The Kier molecular flexibility index (Phi) is 8.11. The highest BCUT2D eigenvalue weighted by atomic mass is 16.5. The molecule has 0 heterocycles. The molecule has 0 spiro atoms. The lowest BCUT2D eigenvalue weighted by Crippen LogP contribution is -2.26. The third kappa shape index (κ3) is 7.20. The van der Waals surface area contributed by atoms with Gasteiger partial charge in [-0.15, -0.1) is 0 Å². The summed E-state index contributed by atoms with van der Waals surface area (Å²) >= 11 is 0. The van der Waals surface area contributed by atoms with Gasteiger partial charge >= 0.3 is 0 Å². The van der Waals surface area contributed by atoms with Crippen LogP contribution in [0.15, 0.2) is 24.5 Å². The second kappa shape index (κ2) is 8.54. The van der Waals surface area contributed by atoms with Crippen molar-refractivity contribution in [3.8, 4) is 0 Å². The smallest absolute Gasteiger partial charge is 0.0896 e. The zero-order valence-electron chi connectivity index (χ0n) is 10.5. The molecule has 0 saturated heterocycles. The first kappa shape index (κ1) is 14.2. The van der Waals surface area contributed by atoms with E-state index in [1.54, 1.807) is 7.11 Å². The Morgan fingerprint density at radius 2 is 1.73 bits per heavy atom. The summed E-state index contributed by atoms with van der Waals surface area (Å²) in [7, 11) is 1.68. The van der Waals surface area contributed by atoms with Crippen molar-refractivity contribution in [1.82, 2.24) is 4.90 Å². The predicted molar refractivity (Wildman–Crippen MR) is 66.9 cm³/mol. The van der Waals surface area contributed by atoms with Crippen LogP contribution in [0.1, 0.15) is 33.1 Å². The van der Waals surface area contributed by atoms with Crippen LogP contribution < -0.4 is 0 Å². The molecule has 0 unspecified atom stereocenters. The first-order chi connectivity index (χ1) is 7.13. The molecule has 0 radical (unpaired) electrons. The first-order valence-corrected chi connectivity index (χ1v) is 5.74. The number of nitrogens with zero attached hydrogens (tertiary/aromatic N) is 1. The lowest BCUT2D eigenvalue weighted by Gasteiger charge is -2.20. The molecule has 2 heteroatoms. The number of ether oxygens (including phenoxy) is 1. The second-order valence-corrected chi connectivity index (χ2v) is 3.78. The van der Waals surface area contributed by atoms with E-state index in [0.717, 1.165) is 44.7 Å². The summed E-state index contributed by atoms with van der Waals surface area (Å²) < 4.78 is 5.05. The molecule has 0 aromatic heterocycles. The highest BCUT2D eigenvalue weighted by Gasteiger charge is 2.03. The Hall–Kier alpha value is -0.760. The van der Waals surface area contributed by atoms with Gasteiger partial charge in [0.05, 0.1) is 12.9 Å². The van der Waals surface area contributed by atoms with E-state index in [4.69, 9.17) is 4.74 Å². The number of hydrogen-bond donors (Lipinski definition) is 0. The van der Waals surface area contributed by atoms with E-state index in [9.17, 15) is 0 Å². The van der Waals surface area contributed by atoms with Crippen LogP contribution in [0.25, 0.3) is 0 Å². The van der Waals surface area contributed by atoms with Crippen molar-refractivity contribution in [1.29, 1.82) is 0 Å². The van der Waals surface area contributed by atoms with E-state index in [0.29, 0.717) is 0 Å². The van der Waals surface area contributed by atoms with Gasteiger partial charge in [-0.1, -0.05) is 32.6 Å². The molecule has 0 rings (SSSR count). The Bertz CT molecular complexity index is 179. The van der Waals surface area contributed by atoms with E-state index in [2.05, 4.69) is 31.9 Å². The van der Waals surface area contributed by atoms with Gasteiger partial charge in [-0.05, 0) is 19.4 Å². The molecule has 0 aliphatic rings. The van der Waals surface area contributed by atoms with Gasteiger partial charge < -0.3 is 9.64 Å². The minimum Gasteiger partial charge on any atom is -0.502 e. The fraction of sp³-hybridized carbons (Fsp3) is 0.692. The van der Waals surface area contributed by atoms with Gasteiger partial charge in [0.1, 0.15) is 0 Å². The fourth-order valence-corrected chi connectivity index (χ4v) is 1.31. The topological polar surface area (TPSA) is 12.5 Å². The summed E-state index contributed by atoms with van der Waals surface area (Å²) in [6.07, 6.45) is 3.11. The summed E-state index contributed by atoms with van der Waals surface area (Å²) in [5.74, 6) is 0.864. The van der Waals surface area contributed by atoms with Crippen molar-refractivity contribution in [3.63, 3.8) is 0 Å². The summed E-state index contributed by atoms with van der Waals surface area (Å²) in [6.45, 7) is 15.4. The van der Waals surface area contributed by atoms with Gasteiger partial charge in [0.2, 0.25) is 0 Å². The molecular formula is C13H25NO. The standard InChI is InChI=1S/C13H25NO/c1-6-12(3)8-10-14(7-2)11-9-13(4)15-5/h3-4,6-11H2,1-2,5H3. The molecule has 0 N–H and O–H groups in total. The van der Waals surface area contributed by atoms with Crippen LogP contribution in [-0.2, 0) is 4.74 Å². The average Bonchev–Trinajstić information content (AvgIpc) is 2.28. The predicted octanol–water partition coefficient (Wildman–Crippen LogP) is 3.21. The van der Waals surface area contributed by atoms with Crippen LogP contribution in [0.5, 0.6) is 0 Å². The Morgan fingerprint density at radius 1 is 1.13 bits per heavy atom. The zero-order valence-corrected chi connectivity index (χ0v) is 10.5. The van der Waals surface area contributed by atoms with Crippen LogP contribution in [-0.4, -0.2) is 31.6 Å². The first-order valence-electron chi connectivity index (χ1n) is 5.74. The summed E-state index contributed by atoms with van der Waals surface area (Å²) in [5.41, 5.74) is 1.33. The van der Waals surface area contributed by atoms with E-state index in [1.165, 1.54) is 5.57 Å². The maximum atomic E-state index is 5.05. The van der Waals surface area contributed by atoms with E-state index >= 15 is 0 Å². The lowest BCUT2D eigenvalue weighted by atomic mass is 10.1. The van der Waals surface area contributed by atoms with E-state index < -0.39 is 0 Å². The number of hydrogen-bond acceptors (Lipinski definition) is 2. The highest BCUT2D eigenvalue weighted by molar-refractivity contribution is 4.93. The molecule has 88 valence electrons. The van der Waals surface area contributed by atoms with Crippen molar-refractivity contribution in [3.05, 3.63) is 24.5 Å². The zero-order chi connectivity index (χ0) is 11.7. The van der Waals surface area contributed by atoms with Crippen LogP contribution in [0.3, 0.4) is 0 Å². The van der Waals surface area contributed by atoms with Crippen LogP contribution >= 0.6 is 0 Å². The third-order valence-electron chi connectivity index (χ3n) is 2.72. The van der Waals surface area contributed by atoms with Crippen LogP contribution in [0.4, 0.5) is 0 Å². The monoisotopic (exact) mass is 211 g/mol. The quantitative estimate of drug-likeness (QED) is 0.429. The SMILES string of the molecule is C=C(CC)CCN(CC)CCC(=C)OC. The maximum absolute atomic E-state index is 5.05. The molecule has 0 bridgehead atoms. The van der Waals surface area contributed by atoms with Crippen LogP contribution in [0.2, 0.25) is 0 Å². The van der Waals surface area contributed by atoms with Crippen molar-refractivity contribution in [2.45, 2.75) is 33.1 Å². The number of rotatable bonds is 9. The maximum Gasteiger partial charge on any atom is 0.0896 e. The normalized spacial score (nSPS) is 10.4. The molecule has 0 aromatic carbocycles. The average molecular weight is 211 g/mol. The molecule has 0 aliphatic heterocycles. The van der Waals surface area contributed by atoms with Gasteiger partial charge in [0, 0.05) is 19.5 Å². The van der Waals surface area contributed by atoms with E-state index in [1.807, 2.05) is 0 Å². The molecular weight excluding hydrogens is 186 g/mol. The minimum atomic E-state index is 0.864. The fourth-order valence-electron chi connectivity index (χ4n) is 1.31. The van der Waals surface area contributed by atoms with Gasteiger partial charge in [0.25, 0.3) is 0 Å². The Morgan fingerprint density at radius 3 is 2.20 bits per heavy atom. The second-order valence-electron chi connectivity index (χ2n) is 3.78. The van der Waals surface area contributed by atoms with Gasteiger partial charge in [-0.2, -0.15) is 0 Å². The van der Waals surface area contributed by atoms with Crippen molar-refractivity contribution < 1.29 is 4.74 Å². The minimum absolute atomic E-state index is 0.864. The van der Waals surface area contributed by atoms with E-state index in [-0.39, 0.29) is 0 Å². The largest absolute Gasteiger partial charge is 0.502 e. The Balaban J connectivity index is 3.73. The van der Waals surface area contributed by atoms with Gasteiger partial charge in [-0.25, -0.2) is 0 Å². The molecule has 0 aliphatic carbocycles. The molecule has 2 nitrogen and oxygen atoms in total.